The molecule has 0 aliphatic carbocycles. The number of hydrogen-bond donors (Lipinski definition) is 5. The monoisotopic (exact) mass is 466 g/mol. The number of aliphatic hydroxyl groups excluding tert-OH is 4. The van der Waals surface area contributed by atoms with Crippen molar-refractivity contribution in [2.24, 2.45) is 0 Å². The molecule has 0 spiro atoms. The highest BCUT2D eigenvalue weighted by Crippen LogP contribution is 2.40. The van der Waals surface area contributed by atoms with Crippen LogP contribution in [0.1, 0.15) is 23.1 Å². The van der Waals surface area contributed by atoms with Crippen molar-refractivity contribution in [1.29, 1.82) is 0 Å². The van der Waals surface area contributed by atoms with Crippen LogP contribution in [0.4, 0.5) is 0 Å². The summed E-state index contributed by atoms with van der Waals surface area (Å²) in [4.78, 5) is 0. The highest BCUT2D eigenvalue weighted by Gasteiger charge is 2.56. The second kappa shape index (κ2) is 9.62. The van der Waals surface area contributed by atoms with Crippen LogP contribution < -0.4 is 4.74 Å². The lowest BCUT2D eigenvalue weighted by molar-refractivity contribution is -0.247. The van der Waals surface area contributed by atoms with Gasteiger partial charge in [0.15, 0.2) is 0 Å². The molecule has 2 fully saturated rings. The first-order valence-corrected chi connectivity index (χ1v) is 10.9. The summed E-state index contributed by atoms with van der Waals surface area (Å²) in [7, 11) is 0. The number of ether oxygens (including phenoxy) is 3. The molecule has 174 valence electrons. The SMILES string of the molecule is OC[C@@H](O)[C@H]1O[C@@](O)(c2ccc(Cl)c(Cc3ccc(O[C@H]4CCOC4)cc3)c2)[C@H](O)[C@H]1O. The van der Waals surface area contributed by atoms with Crippen LogP contribution in [0.3, 0.4) is 0 Å². The van der Waals surface area contributed by atoms with E-state index in [1.165, 1.54) is 6.07 Å². The van der Waals surface area contributed by atoms with Gasteiger partial charge < -0.3 is 39.7 Å². The van der Waals surface area contributed by atoms with Crippen molar-refractivity contribution in [1.82, 2.24) is 0 Å². The van der Waals surface area contributed by atoms with E-state index in [9.17, 15) is 20.4 Å². The molecule has 2 aromatic carbocycles. The third-order valence-corrected chi connectivity index (χ3v) is 6.28. The van der Waals surface area contributed by atoms with Crippen molar-refractivity contribution in [2.75, 3.05) is 19.8 Å². The third-order valence-electron chi connectivity index (χ3n) is 5.91. The molecule has 2 aromatic rings. The molecule has 2 aliphatic heterocycles. The molecule has 0 amide bonds. The molecule has 5 N–H and O–H groups in total. The van der Waals surface area contributed by atoms with Crippen LogP contribution in [0.25, 0.3) is 0 Å². The van der Waals surface area contributed by atoms with E-state index in [4.69, 9.17) is 30.9 Å². The van der Waals surface area contributed by atoms with Crippen molar-refractivity contribution < 1.29 is 39.7 Å². The smallest absolute Gasteiger partial charge is 0.222 e. The zero-order valence-electron chi connectivity index (χ0n) is 17.3. The van der Waals surface area contributed by atoms with E-state index in [1.54, 1.807) is 12.1 Å². The van der Waals surface area contributed by atoms with Gasteiger partial charge in [-0.25, -0.2) is 0 Å². The average Bonchev–Trinajstić information content (AvgIpc) is 3.39. The van der Waals surface area contributed by atoms with Gasteiger partial charge in [0.2, 0.25) is 5.79 Å². The molecule has 2 heterocycles. The number of rotatable bonds is 7. The highest BCUT2D eigenvalue weighted by molar-refractivity contribution is 6.31. The average molecular weight is 467 g/mol. The molecule has 0 aromatic heterocycles. The van der Waals surface area contributed by atoms with Crippen LogP contribution >= 0.6 is 11.6 Å². The van der Waals surface area contributed by atoms with Gasteiger partial charge in [-0.3, -0.25) is 0 Å². The second-order valence-electron chi connectivity index (χ2n) is 8.19. The van der Waals surface area contributed by atoms with Gasteiger partial charge in [-0.05, 0) is 41.8 Å². The number of hydrogen-bond acceptors (Lipinski definition) is 8. The number of benzene rings is 2. The lowest BCUT2D eigenvalue weighted by atomic mass is 9.94. The van der Waals surface area contributed by atoms with Crippen LogP contribution in [-0.4, -0.2) is 75.9 Å². The quantitative estimate of drug-likeness (QED) is 0.403. The maximum absolute atomic E-state index is 11.0. The summed E-state index contributed by atoms with van der Waals surface area (Å²) in [6, 6.07) is 12.2. The van der Waals surface area contributed by atoms with Crippen LogP contribution in [-0.2, 0) is 21.7 Å². The maximum atomic E-state index is 11.0. The molecule has 9 heteroatoms. The summed E-state index contributed by atoms with van der Waals surface area (Å²) in [6.45, 7) is 0.606. The zero-order chi connectivity index (χ0) is 22.9. The van der Waals surface area contributed by atoms with E-state index in [2.05, 4.69) is 0 Å². The van der Waals surface area contributed by atoms with Gasteiger partial charge in [0.05, 0.1) is 19.8 Å². The summed E-state index contributed by atoms with van der Waals surface area (Å²) in [5, 5.41) is 51.0. The Bertz CT molecular complexity index is 917. The molecule has 8 nitrogen and oxygen atoms in total. The van der Waals surface area contributed by atoms with Crippen molar-refractivity contribution in [3.63, 3.8) is 0 Å². The summed E-state index contributed by atoms with van der Waals surface area (Å²) in [5.41, 5.74) is 1.80. The van der Waals surface area contributed by atoms with Crippen molar-refractivity contribution in [3.05, 3.63) is 64.2 Å². The largest absolute Gasteiger partial charge is 0.488 e. The van der Waals surface area contributed by atoms with Gasteiger partial charge in [-0.2, -0.15) is 0 Å². The van der Waals surface area contributed by atoms with E-state index in [0.717, 1.165) is 17.7 Å². The Morgan fingerprint density at radius 3 is 2.56 bits per heavy atom. The molecule has 0 radical (unpaired) electrons. The van der Waals surface area contributed by atoms with Gasteiger partial charge in [0, 0.05) is 17.0 Å². The predicted octanol–water partition coefficient (Wildman–Crippen LogP) is 0.717. The molecular weight excluding hydrogens is 440 g/mol. The molecule has 2 aliphatic rings. The van der Waals surface area contributed by atoms with Crippen LogP contribution in [0.15, 0.2) is 42.5 Å². The molecular formula is C23H27ClO8. The minimum Gasteiger partial charge on any atom is -0.488 e. The lowest BCUT2D eigenvalue weighted by Crippen LogP contribution is -2.42. The van der Waals surface area contributed by atoms with Gasteiger partial charge in [-0.1, -0.05) is 29.8 Å². The molecule has 32 heavy (non-hydrogen) atoms. The summed E-state index contributed by atoms with van der Waals surface area (Å²) < 4.78 is 16.6. The first kappa shape index (κ1) is 23.4. The molecule has 2 saturated heterocycles. The molecule has 0 bridgehead atoms. The van der Waals surface area contributed by atoms with Gasteiger partial charge in [0.1, 0.15) is 36.3 Å². The Balaban J connectivity index is 1.51. The van der Waals surface area contributed by atoms with E-state index in [0.29, 0.717) is 30.2 Å². The summed E-state index contributed by atoms with van der Waals surface area (Å²) in [5.74, 6) is -1.51. The molecule has 0 saturated carbocycles. The van der Waals surface area contributed by atoms with Crippen LogP contribution in [0.2, 0.25) is 5.02 Å². The van der Waals surface area contributed by atoms with Gasteiger partial charge in [0.25, 0.3) is 0 Å². The van der Waals surface area contributed by atoms with E-state index < -0.39 is 36.8 Å². The van der Waals surface area contributed by atoms with Gasteiger partial charge in [-0.15, -0.1) is 0 Å². The topological polar surface area (TPSA) is 129 Å². The Morgan fingerprint density at radius 2 is 1.91 bits per heavy atom. The first-order valence-electron chi connectivity index (χ1n) is 10.5. The predicted molar refractivity (Wildman–Crippen MR) is 114 cm³/mol. The number of halogens is 1. The van der Waals surface area contributed by atoms with Crippen LogP contribution in [0, 0.1) is 0 Å². The van der Waals surface area contributed by atoms with E-state index in [1.807, 2.05) is 24.3 Å². The Hall–Kier alpha value is -1.75. The van der Waals surface area contributed by atoms with Crippen LogP contribution in [0.5, 0.6) is 5.75 Å². The summed E-state index contributed by atoms with van der Waals surface area (Å²) in [6.07, 6.45) is -4.75. The number of aliphatic hydroxyl groups is 5. The summed E-state index contributed by atoms with van der Waals surface area (Å²) >= 11 is 6.36. The third kappa shape index (κ3) is 4.64. The zero-order valence-corrected chi connectivity index (χ0v) is 18.1. The first-order chi connectivity index (χ1) is 15.3. The molecule has 4 rings (SSSR count). The van der Waals surface area contributed by atoms with E-state index in [-0.39, 0.29) is 11.7 Å². The Labute approximate surface area is 190 Å². The molecule has 0 unspecified atom stereocenters. The fraction of sp³-hybridized carbons (Fsp3) is 0.478. The fourth-order valence-corrected chi connectivity index (χ4v) is 4.23. The van der Waals surface area contributed by atoms with E-state index >= 15 is 0 Å². The normalized spacial score (nSPS) is 31.1. The van der Waals surface area contributed by atoms with Gasteiger partial charge >= 0.3 is 0 Å². The highest BCUT2D eigenvalue weighted by atomic mass is 35.5. The Kier molecular flexibility index (Phi) is 7.04. The minimum atomic E-state index is -2.26. The van der Waals surface area contributed by atoms with Crippen molar-refractivity contribution in [2.45, 2.75) is 49.1 Å². The fourth-order valence-electron chi connectivity index (χ4n) is 4.04. The molecule has 6 atom stereocenters. The second-order valence-corrected chi connectivity index (χ2v) is 8.60. The van der Waals surface area contributed by atoms with Crippen molar-refractivity contribution in [3.8, 4) is 5.75 Å². The standard InChI is InChI=1S/C23H27ClO8/c24-18-6-3-15(23(29)22(28)20(27)21(32-23)19(26)11-25)10-14(18)9-13-1-4-16(5-2-13)31-17-7-8-30-12-17/h1-6,10,17,19-22,25-29H,7-9,11-12H2/t17-,19+,20-,21+,22+,23-/m0/s1. The maximum Gasteiger partial charge on any atom is 0.222 e. The Morgan fingerprint density at radius 1 is 1.16 bits per heavy atom. The van der Waals surface area contributed by atoms with Crippen molar-refractivity contribution >= 4 is 11.6 Å². The lowest BCUT2D eigenvalue weighted by Gasteiger charge is -2.27. The minimum absolute atomic E-state index is 0.0640.